The van der Waals surface area contributed by atoms with E-state index >= 15 is 0 Å². The standard InChI is InChI=1S/C8H12O2/c1-7(2)6-8(10)4-3-5-9/h5-6H,3-4H2,1-2H3. The molecule has 2 heteroatoms. The molecule has 0 atom stereocenters. The average molecular weight is 140 g/mol. The summed E-state index contributed by atoms with van der Waals surface area (Å²) < 4.78 is 0. The van der Waals surface area contributed by atoms with Crippen LogP contribution in [0.25, 0.3) is 0 Å². The Morgan fingerprint density at radius 1 is 1.40 bits per heavy atom. The third kappa shape index (κ3) is 5.22. The predicted molar refractivity (Wildman–Crippen MR) is 39.7 cm³/mol. The van der Waals surface area contributed by atoms with E-state index in [9.17, 15) is 9.59 Å². The third-order valence-electron chi connectivity index (χ3n) is 0.958. The van der Waals surface area contributed by atoms with Gasteiger partial charge in [0.25, 0.3) is 0 Å². The molecule has 0 bridgehead atoms. The van der Waals surface area contributed by atoms with Gasteiger partial charge in [0.05, 0.1) is 0 Å². The Kier molecular flexibility index (Phi) is 4.46. The van der Waals surface area contributed by atoms with Crippen molar-refractivity contribution in [2.75, 3.05) is 0 Å². The molecular formula is C8H12O2. The van der Waals surface area contributed by atoms with Crippen molar-refractivity contribution in [2.45, 2.75) is 26.7 Å². The van der Waals surface area contributed by atoms with E-state index < -0.39 is 0 Å². The summed E-state index contributed by atoms with van der Waals surface area (Å²) in [6, 6.07) is 0. The first-order valence-electron chi connectivity index (χ1n) is 3.28. The normalized spacial score (nSPS) is 8.60. The molecule has 0 aliphatic rings. The van der Waals surface area contributed by atoms with Crippen molar-refractivity contribution in [3.63, 3.8) is 0 Å². The Morgan fingerprint density at radius 3 is 2.40 bits per heavy atom. The van der Waals surface area contributed by atoms with Gasteiger partial charge in [-0.25, -0.2) is 0 Å². The number of aldehydes is 1. The summed E-state index contributed by atoms with van der Waals surface area (Å²) in [7, 11) is 0. The van der Waals surface area contributed by atoms with Crippen molar-refractivity contribution in [3.8, 4) is 0 Å². The Morgan fingerprint density at radius 2 is 2.00 bits per heavy atom. The number of carbonyl (C=O) groups is 2. The van der Waals surface area contributed by atoms with Crippen molar-refractivity contribution in [3.05, 3.63) is 11.6 Å². The molecule has 0 aliphatic heterocycles. The lowest BCUT2D eigenvalue weighted by molar-refractivity contribution is -0.117. The second-order valence-corrected chi connectivity index (χ2v) is 2.39. The van der Waals surface area contributed by atoms with Gasteiger partial charge in [0.2, 0.25) is 0 Å². The maximum Gasteiger partial charge on any atom is 0.156 e. The van der Waals surface area contributed by atoms with Crippen molar-refractivity contribution >= 4 is 12.1 Å². The first kappa shape index (κ1) is 9.08. The van der Waals surface area contributed by atoms with Crippen molar-refractivity contribution in [1.29, 1.82) is 0 Å². The van der Waals surface area contributed by atoms with Crippen LogP contribution in [-0.2, 0) is 9.59 Å². The van der Waals surface area contributed by atoms with E-state index in [1.54, 1.807) is 6.08 Å². The molecule has 0 unspecified atom stereocenters. The zero-order chi connectivity index (χ0) is 7.98. The Labute approximate surface area is 60.9 Å². The van der Waals surface area contributed by atoms with Crippen LogP contribution in [0.1, 0.15) is 26.7 Å². The Bertz CT molecular complexity index is 153. The molecule has 0 rings (SSSR count). The van der Waals surface area contributed by atoms with E-state index in [1.165, 1.54) is 0 Å². The second kappa shape index (κ2) is 4.91. The second-order valence-electron chi connectivity index (χ2n) is 2.39. The van der Waals surface area contributed by atoms with Gasteiger partial charge in [-0.1, -0.05) is 5.57 Å². The molecule has 0 N–H and O–H groups in total. The molecule has 10 heavy (non-hydrogen) atoms. The molecule has 0 radical (unpaired) electrons. The first-order chi connectivity index (χ1) is 4.66. The largest absolute Gasteiger partial charge is 0.303 e. The minimum absolute atomic E-state index is 0.0344. The predicted octanol–water partition coefficient (Wildman–Crippen LogP) is 1.50. The van der Waals surface area contributed by atoms with Crippen LogP contribution in [0.2, 0.25) is 0 Å². The number of allylic oxidation sites excluding steroid dienone is 2. The molecule has 0 heterocycles. The summed E-state index contributed by atoms with van der Waals surface area (Å²) in [5.41, 5.74) is 0.982. The Hall–Kier alpha value is -0.920. The molecule has 0 aliphatic carbocycles. The number of carbonyl (C=O) groups excluding carboxylic acids is 2. The zero-order valence-corrected chi connectivity index (χ0v) is 6.39. The van der Waals surface area contributed by atoms with Gasteiger partial charge in [-0.05, 0) is 19.9 Å². The van der Waals surface area contributed by atoms with Crippen LogP contribution >= 0.6 is 0 Å². The number of rotatable bonds is 4. The minimum atomic E-state index is 0.0344. The first-order valence-corrected chi connectivity index (χ1v) is 3.28. The van der Waals surface area contributed by atoms with Crippen molar-refractivity contribution in [2.24, 2.45) is 0 Å². The maximum absolute atomic E-state index is 10.8. The molecule has 0 fully saturated rings. The minimum Gasteiger partial charge on any atom is -0.303 e. The van der Waals surface area contributed by atoms with E-state index in [-0.39, 0.29) is 5.78 Å². The van der Waals surface area contributed by atoms with Crippen LogP contribution in [0.3, 0.4) is 0 Å². The molecular weight excluding hydrogens is 128 g/mol. The molecule has 0 saturated carbocycles. The SMILES string of the molecule is CC(C)=CC(=O)CCC=O. The smallest absolute Gasteiger partial charge is 0.156 e. The third-order valence-corrected chi connectivity index (χ3v) is 0.958. The van der Waals surface area contributed by atoms with Gasteiger partial charge in [-0.3, -0.25) is 4.79 Å². The van der Waals surface area contributed by atoms with Gasteiger partial charge >= 0.3 is 0 Å². The van der Waals surface area contributed by atoms with Crippen LogP contribution in [0.4, 0.5) is 0 Å². The Balaban J connectivity index is 3.64. The highest BCUT2D eigenvalue weighted by Gasteiger charge is 1.94. The van der Waals surface area contributed by atoms with E-state index in [0.29, 0.717) is 12.8 Å². The molecule has 2 nitrogen and oxygen atoms in total. The molecule has 56 valence electrons. The van der Waals surface area contributed by atoms with Gasteiger partial charge < -0.3 is 4.79 Å². The fourth-order valence-electron chi connectivity index (χ4n) is 0.595. The van der Waals surface area contributed by atoms with Gasteiger partial charge in [-0.2, -0.15) is 0 Å². The van der Waals surface area contributed by atoms with Crippen molar-refractivity contribution < 1.29 is 9.59 Å². The van der Waals surface area contributed by atoms with Gasteiger partial charge in [0, 0.05) is 12.8 Å². The van der Waals surface area contributed by atoms with Crippen LogP contribution in [0.15, 0.2) is 11.6 Å². The fourth-order valence-corrected chi connectivity index (χ4v) is 0.595. The summed E-state index contributed by atoms with van der Waals surface area (Å²) in [5.74, 6) is 0.0344. The molecule has 0 spiro atoms. The highest BCUT2D eigenvalue weighted by Crippen LogP contribution is 1.94. The molecule has 0 aromatic carbocycles. The van der Waals surface area contributed by atoms with E-state index in [4.69, 9.17) is 0 Å². The maximum atomic E-state index is 10.8. The number of hydrogen-bond acceptors (Lipinski definition) is 2. The summed E-state index contributed by atoms with van der Waals surface area (Å²) in [6.45, 7) is 3.72. The molecule has 0 aromatic heterocycles. The summed E-state index contributed by atoms with van der Waals surface area (Å²) >= 11 is 0. The van der Waals surface area contributed by atoms with Crippen LogP contribution in [0, 0.1) is 0 Å². The van der Waals surface area contributed by atoms with Crippen LogP contribution in [0.5, 0.6) is 0 Å². The van der Waals surface area contributed by atoms with Gasteiger partial charge in [0.15, 0.2) is 5.78 Å². The van der Waals surface area contributed by atoms with E-state index in [1.807, 2.05) is 13.8 Å². The zero-order valence-electron chi connectivity index (χ0n) is 6.39. The molecule has 0 amide bonds. The lowest BCUT2D eigenvalue weighted by Gasteiger charge is -1.89. The van der Waals surface area contributed by atoms with Gasteiger partial charge in [0.1, 0.15) is 6.29 Å². The quantitative estimate of drug-likeness (QED) is 0.438. The summed E-state index contributed by atoms with van der Waals surface area (Å²) in [6.07, 6.45) is 3.00. The molecule has 0 aromatic rings. The summed E-state index contributed by atoms with van der Waals surface area (Å²) in [4.78, 5) is 20.6. The summed E-state index contributed by atoms with van der Waals surface area (Å²) in [5, 5.41) is 0. The average Bonchev–Trinajstić information content (AvgIpc) is 1.82. The topological polar surface area (TPSA) is 34.1 Å². The van der Waals surface area contributed by atoms with Gasteiger partial charge in [-0.15, -0.1) is 0 Å². The highest BCUT2D eigenvalue weighted by atomic mass is 16.1. The lowest BCUT2D eigenvalue weighted by atomic mass is 10.2. The monoisotopic (exact) mass is 140 g/mol. The fraction of sp³-hybridized carbons (Fsp3) is 0.500. The van der Waals surface area contributed by atoms with E-state index in [2.05, 4.69) is 0 Å². The van der Waals surface area contributed by atoms with E-state index in [0.717, 1.165) is 11.9 Å². The van der Waals surface area contributed by atoms with Crippen molar-refractivity contribution in [1.82, 2.24) is 0 Å². The number of hydrogen-bond donors (Lipinski definition) is 0. The number of ketones is 1. The van der Waals surface area contributed by atoms with Crippen LogP contribution in [-0.4, -0.2) is 12.1 Å². The highest BCUT2D eigenvalue weighted by molar-refractivity contribution is 5.91. The van der Waals surface area contributed by atoms with Crippen LogP contribution < -0.4 is 0 Å². The molecule has 0 saturated heterocycles. The lowest BCUT2D eigenvalue weighted by Crippen LogP contribution is -1.93.